The van der Waals surface area contributed by atoms with Crippen LogP contribution in [0.3, 0.4) is 0 Å². The van der Waals surface area contributed by atoms with Crippen LogP contribution in [0.2, 0.25) is 5.15 Å². The third-order valence-corrected chi connectivity index (χ3v) is 3.95. The van der Waals surface area contributed by atoms with Crippen molar-refractivity contribution in [2.75, 3.05) is 18.5 Å². The van der Waals surface area contributed by atoms with E-state index in [9.17, 15) is 9.59 Å². The van der Waals surface area contributed by atoms with Gasteiger partial charge in [-0.3, -0.25) is 9.59 Å². The van der Waals surface area contributed by atoms with Gasteiger partial charge in [0.2, 0.25) is 0 Å². The Hall–Kier alpha value is -2.80. The van der Waals surface area contributed by atoms with Crippen LogP contribution in [0.5, 0.6) is 11.5 Å². The Morgan fingerprint density at radius 2 is 2.04 bits per heavy atom. The standard InChI is InChI=1S/C18H17ClN2O5/c1-11(18(23)21-13-3-2-6-20-17(13)19)26-16(22)10-12-4-5-14-15(9-12)25-8-7-24-14/h2-6,9,11H,7-8,10H2,1H3,(H,21,23)/t11-/m1/s1. The highest BCUT2D eigenvalue weighted by Gasteiger charge is 2.20. The van der Waals surface area contributed by atoms with E-state index in [1.165, 1.54) is 13.1 Å². The number of amides is 1. The highest BCUT2D eigenvalue weighted by Crippen LogP contribution is 2.31. The Kier molecular flexibility index (Phi) is 5.58. The molecular formula is C18H17ClN2O5. The molecule has 8 heteroatoms. The first-order chi connectivity index (χ1) is 12.5. The van der Waals surface area contributed by atoms with Gasteiger partial charge >= 0.3 is 5.97 Å². The zero-order chi connectivity index (χ0) is 18.5. The first kappa shape index (κ1) is 18.0. The number of benzene rings is 1. The van der Waals surface area contributed by atoms with Crippen LogP contribution < -0.4 is 14.8 Å². The number of pyridine rings is 1. The maximum atomic E-state index is 12.1. The summed E-state index contributed by atoms with van der Waals surface area (Å²) in [5, 5.41) is 2.74. The molecule has 1 aromatic heterocycles. The van der Waals surface area contributed by atoms with E-state index in [1.807, 2.05) is 0 Å². The minimum Gasteiger partial charge on any atom is -0.486 e. The second kappa shape index (κ2) is 8.05. The molecule has 2 aromatic rings. The number of carbonyl (C=O) groups is 2. The molecule has 136 valence electrons. The maximum absolute atomic E-state index is 12.1. The minimum atomic E-state index is -0.976. The summed E-state index contributed by atoms with van der Waals surface area (Å²) < 4.78 is 16.1. The number of nitrogens with zero attached hydrogens (tertiary/aromatic N) is 1. The average Bonchev–Trinajstić information content (AvgIpc) is 2.63. The highest BCUT2D eigenvalue weighted by atomic mass is 35.5. The van der Waals surface area contributed by atoms with Crippen molar-refractivity contribution in [2.45, 2.75) is 19.4 Å². The Morgan fingerprint density at radius 1 is 1.27 bits per heavy atom. The van der Waals surface area contributed by atoms with Crippen LogP contribution >= 0.6 is 11.6 Å². The van der Waals surface area contributed by atoms with Crippen molar-refractivity contribution in [2.24, 2.45) is 0 Å². The number of aromatic nitrogens is 1. The summed E-state index contributed by atoms with van der Waals surface area (Å²) in [6.45, 7) is 2.46. The number of halogens is 1. The van der Waals surface area contributed by atoms with Crippen molar-refractivity contribution in [3.63, 3.8) is 0 Å². The summed E-state index contributed by atoms with van der Waals surface area (Å²) in [6, 6.07) is 8.49. The fourth-order valence-corrected chi connectivity index (χ4v) is 2.54. The fraction of sp³-hybridized carbons (Fsp3) is 0.278. The van der Waals surface area contributed by atoms with E-state index in [1.54, 1.807) is 30.3 Å². The summed E-state index contributed by atoms with van der Waals surface area (Å²) in [5.74, 6) is 0.227. The third kappa shape index (κ3) is 4.43. The molecule has 1 amide bonds. The van der Waals surface area contributed by atoms with Crippen LogP contribution in [0.4, 0.5) is 5.69 Å². The normalized spacial score (nSPS) is 13.6. The van der Waals surface area contributed by atoms with Gasteiger partial charge in [0.25, 0.3) is 5.91 Å². The molecule has 0 fully saturated rings. The molecule has 2 heterocycles. The summed E-state index contributed by atoms with van der Waals surface area (Å²) in [5.41, 5.74) is 1.07. The molecule has 3 rings (SSSR count). The molecule has 0 bridgehead atoms. The number of anilines is 1. The predicted octanol–water partition coefficient (Wildman–Crippen LogP) is 2.62. The summed E-state index contributed by atoms with van der Waals surface area (Å²) in [6.07, 6.45) is 0.549. The molecule has 0 aliphatic carbocycles. The summed E-state index contributed by atoms with van der Waals surface area (Å²) >= 11 is 5.89. The molecule has 7 nitrogen and oxygen atoms in total. The number of ether oxygens (including phenoxy) is 3. The van der Waals surface area contributed by atoms with Gasteiger partial charge in [0.15, 0.2) is 22.8 Å². The van der Waals surface area contributed by atoms with Crippen LogP contribution in [0.1, 0.15) is 12.5 Å². The minimum absolute atomic E-state index is 0.0158. The van der Waals surface area contributed by atoms with Crippen LogP contribution in [0, 0.1) is 0 Å². The summed E-state index contributed by atoms with van der Waals surface area (Å²) in [7, 11) is 0. The Labute approximate surface area is 155 Å². The monoisotopic (exact) mass is 376 g/mol. The van der Waals surface area contributed by atoms with Crippen LogP contribution in [-0.4, -0.2) is 36.2 Å². The lowest BCUT2D eigenvalue weighted by Gasteiger charge is -2.19. The summed E-state index contributed by atoms with van der Waals surface area (Å²) in [4.78, 5) is 28.1. The van der Waals surface area contributed by atoms with E-state index in [0.717, 1.165) is 0 Å². The van der Waals surface area contributed by atoms with E-state index in [4.69, 9.17) is 25.8 Å². The van der Waals surface area contributed by atoms with Crippen molar-refractivity contribution in [1.29, 1.82) is 0 Å². The quantitative estimate of drug-likeness (QED) is 0.637. The van der Waals surface area contributed by atoms with Crippen LogP contribution in [-0.2, 0) is 20.7 Å². The molecule has 1 aliphatic rings. The average molecular weight is 377 g/mol. The van der Waals surface area contributed by atoms with Gasteiger partial charge in [-0.25, -0.2) is 4.98 Å². The number of fused-ring (bicyclic) bond motifs is 1. The molecule has 1 atom stereocenters. The molecule has 1 N–H and O–H groups in total. The van der Waals surface area contributed by atoms with E-state index in [2.05, 4.69) is 10.3 Å². The molecular weight excluding hydrogens is 360 g/mol. The number of nitrogens with one attached hydrogen (secondary N) is 1. The van der Waals surface area contributed by atoms with Crippen LogP contribution in [0.15, 0.2) is 36.5 Å². The molecule has 0 radical (unpaired) electrons. The number of esters is 1. The molecule has 0 saturated heterocycles. The smallest absolute Gasteiger partial charge is 0.311 e. The zero-order valence-electron chi connectivity index (χ0n) is 14.0. The van der Waals surface area contributed by atoms with Crippen molar-refractivity contribution >= 4 is 29.2 Å². The first-order valence-corrected chi connectivity index (χ1v) is 8.40. The second-order valence-corrected chi connectivity index (χ2v) is 5.98. The number of hydrogen-bond acceptors (Lipinski definition) is 6. The lowest BCUT2D eigenvalue weighted by molar-refractivity contribution is -0.152. The topological polar surface area (TPSA) is 86.8 Å². The van der Waals surface area contributed by atoms with Gasteiger partial charge in [0.05, 0.1) is 12.1 Å². The molecule has 0 saturated carbocycles. The molecule has 0 unspecified atom stereocenters. The van der Waals surface area contributed by atoms with Gasteiger partial charge in [-0.15, -0.1) is 0 Å². The molecule has 1 aliphatic heterocycles. The lowest BCUT2D eigenvalue weighted by Crippen LogP contribution is -2.30. The fourth-order valence-electron chi connectivity index (χ4n) is 2.37. The number of carbonyl (C=O) groups excluding carboxylic acids is 2. The Morgan fingerprint density at radius 3 is 2.81 bits per heavy atom. The van der Waals surface area contributed by atoms with Gasteiger partial charge in [0, 0.05) is 6.20 Å². The van der Waals surface area contributed by atoms with E-state index >= 15 is 0 Å². The van der Waals surface area contributed by atoms with Gasteiger partial charge in [-0.2, -0.15) is 0 Å². The van der Waals surface area contributed by atoms with Crippen molar-refractivity contribution < 1.29 is 23.8 Å². The van der Waals surface area contributed by atoms with Gasteiger partial charge in [-0.1, -0.05) is 17.7 Å². The highest BCUT2D eigenvalue weighted by molar-refractivity contribution is 6.32. The lowest BCUT2D eigenvalue weighted by atomic mass is 10.1. The van der Waals surface area contributed by atoms with Crippen molar-refractivity contribution in [1.82, 2.24) is 4.98 Å². The van der Waals surface area contributed by atoms with Crippen LogP contribution in [0.25, 0.3) is 0 Å². The molecule has 26 heavy (non-hydrogen) atoms. The van der Waals surface area contributed by atoms with Gasteiger partial charge < -0.3 is 19.5 Å². The van der Waals surface area contributed by atoms with Gasteiger partial charge in [0.1, 0.15) is 13.2 Å². The molecule has 0 spiro atoms. The third-order valence-electron chi connectivity index (χ3n) is 3.65. The number of rotatable bonds is 5. The van der Waals surface area contributed by atoms with Crippen molar-refractivity contribution in [3.8, 4) is 11.5 Å². The van der Waals surface area contributed by atoms with E-state index in [-0.39, 0.29) is 11.6 Å². The second-order valence-electron chi connectivity index (χ2n) is 5.62. The Balaban J connectivity index is 1.55. The van der Waals surface area contributed by atoms with Gasteiger partial charge in [-0.05, 0) is 36.8 Å². The van der Waals surface area contributed by atoms with Crippen molar-refractivity contribution in [3.05, 3.63) is 47.2 Å². The Bertz CT molecular complexity index is 827. The SMILES string of the molecule is C[C@@H](OC(=O)Cc1ccc2c(c1)OCCO2)C(=O)Nc1cccnc1Cl. The zero-order valence-corrected chi connectivity index (χ0v) is 14.8. The first-order valence-electron chi connectivity index (χ1n) is 8.02. The van der Waals surface area contributed by atoms with E-state index < -0.39 is 18.0 Å². The predicted molar refractivity (Wildman–Crippen MR) is 94.6 cm³/mol. The number of hydrogen-bond donors (Lipinski definition) is 1. The molecule has 1 aromatic carbocycles. The largest absolute Gasteiger partial charge is 0.486 e. The maximum Gasteiger partial charge on any atom is 0.311 e. The van der Waals surface area contributed by atoms with E-state index in [0.29, 0.717) is 36.0 Å².